The molecular formula is C12H15N3O. The molecular weight excluding hydrogens is 202 g/mol. The van der Waals surface area contributed by atoms with Gasteiger partial charge in [-0.3, -0.25) is 9.78 Å². The molecule has 1 aromatic heterocycles. The molecule has 0 bridgehead atoms. The number of amides is 1. The summed E-state index contributed by atoms with van der Waals surface area (Å²) >= 11 is 0. The van der Waals surface area contributed by atoms with Gasteiger partial charge in [0, 0.05) is 18.3 Å². The second kappa shape index (κ2) is 5.86. The van der Waals surface area contributed by atoms with Crippen LogP contribution in [-0.4, -0.2) is 17.4 Å². The Balaban J connectivity index is 2.68. The van der Waals surface area contributed by atoms with E-state index in [1.54, 1.807) is 18.3 Å². The van der Waals surface area contributed by atoms with Crippen LogP contribution in [0.2, 0.25) is 0 Å². The van der Waals surface area contributed by atoms with Crippen LogP contribution < -0.4 is 5.32 Å². The second-order valence-electron chi connectivity index (χ2n) is 3.97. The molecule has 4 nitrogen and oxygen atoms in total. The SMILES string of the molecule is CC(C)CNC(=O)c1ccnc(CC#N)c1. The number of carbonyl (C=O) groups excluding carboxylic acids is 1. The van der Waals surface area contributed by atoms with Crippen molar-refractivity contribution in [3.63, 3.8) is 0 Å². The first-order valence-electron chi connectivity index (χ1n) is 5.23. The van der Waals surface area contributed by atoms with Gasteiger partial charge in [0.2, 0.25) is 0 Å². The molecule has 16 heavy (non-hydrogen) atoms. The van der Waals surface area contributed by atoms with Crippen molar-refractivity contribution in [1.29, 1.82) is 5.26 Å². The molecule has 0 aliphatic heterocycles. The van der Waals surface area contributed by atoms with Gasteiger partial charge in [-0.1, -0.05) is 13.8 Å². The Bertz CT molecular complexity index is 407. The third-order valence-electron chi connectivity index (χ3n) is 2.01. The van der Waals surface area contributed by atoms with Gasteiger partial charge in [-0.2, -0.15) is 5.26 Å². The predicted molar refractivity (Wildman–Crippen MR) is 60.7 cm³/mol. The zero-order valence-electron chi connectivity index (χ0n) is 9.53. The van der Waals surface area contributed by atoms with Gasteiger partial charge in [0.15, 0.2) is 0 Å². The lowest BCUT2D eigenvalue weighted by Crippen LogP contribution is -2.27. The molecule has 84 valence electrons. The number of nitrogens with zero attached hydrogens (tertiary/aromatic N) is 2. The van der Waals surface area contributed by atoms with Crippen LogP contribution in [0.5, 0.6) is 0 Å². The lowest BCUT2D eigenvalue weighted by Gasteiger charge is -2.07. The first-order chi connectivity index (χ1) is 7.63. The van der Waals surface area contributed by atoms with Crippen LogP contribution in [0.3, 0.4) is 0 Å². The summed E-state index contributed by atoms with van der Waals surface area (Å²) in [6.07, 6.45) is 1.78. The minimum atomic E-state index is -0.115. The lowest BCUT2D eigenvalue weighted by molar-refractivity contribution is 0.0949. The van der Waals surface area contributed by atoms with E-state index in [1.165, 1.54) is 0 Å². The smallest absolute Gasteiger partial charge is 0.251 e. The van der Waals surface area contributed by atoms with Crippen molar-refractivity contribution >= 4 is 5.91 Å². The second-order valence-corrected chi connectivity index (χ2v) is 3.97. The monoisotopic (exact) mass is 217 g/mol. The molecule has 0 aromatic carbocycles. The minimum absolute atomic E-state index is 0.115. The van der Waals surface area contributed by atoms with Crippen molar-refractivity contribution in [1.82, 2.24) is 10.3 Å². The Hall–Kier alpha value is -1.89. The van der Waals surface area contributed by atoms with Gasteiger partial charge in [0.05, 0.1) is 18.2 Å². The zero-order valence-corrected chi connectivity index (χ0v) is 9.53. The summed E-state index contributed by atoms with van der Waals surface area (Å²) in [5.41, 5.74) is 1.18. The number of nitrogens with one attached hydrogen (secondary N) is 1. The fourth-order valence-electron chi connectivity index (χ4n) is 1.20. The van der Waals surface area contributed by atoms with Crippen LogP contribution in [-0.2, 0) is 6.42 Å². The summed E-state index contributed by atoms with van der Waals surface area (Å²) in [5.74, 6) is 0.305. The van der Waals surface area contributed by atoms with Gasteiger partial charge in [0.1, 0.15) is 0 Å². The molecule has 0 saturated carbocycles. The predicted octanol–water partition coefficient (Wildman–Crippen LogP) is 1.53. The van der Waals surface area contributed by atoms with Crippen LogP contribution in [0.4, 0.5) is 0 Å². The quantitative estimate of drug-likeness (QED) is 0.831. The van der Waals surface area contributed by atoms with Gasteiger partial charge in [-0.15, -0.1) is 0 Å². The van der Waals surface area contributed by atoms with Crippen LogP contribution in [0.15, 0.2) is 18.3 Å². The van der Waals surface area contributed by atoms with Crippen molar-refractivity contribution in [3.05, 3.63) is 29.6 Å². The van der Waals surface area contributed by atoms with Crippen molar-refractivity contribution in [2.75, 3.05) is 6.54 Å². The van der Waals surface area contributed by atoms with E-state index in [1.807, 2.05) is 19.9 Å². The van der Waals surface area contributed by atoms with Crippen molar-refractivity contribution < 1.29 is 4.79 Å². The molecule has 0 unspecified atom stereocenters. The molecule has 0 atom stereocenters. The van der Waals surface area contributed by atoms with Gasteiger partial charge in [-0.25, -0.2) is 0 Å². The number of rotatable bonds is 4. The van der Waals surface area contributed by atoms with Crippen molar-refractivity contribution in [3.8, 4) is 6.07 Å². The highest BCUT2D eigenvalue weighted by molar-refractivity contribution is 5.94. The number of hydrogen-bond acceptors (Lipinski definition) is 3. The maximum Gasteiger partial charge on any atom is 0.251 e. The van der Waals surface area contributed by atoms with Crippen molar-refractivity contribution in [2.45, 2.75) is 20.3 Å². The van der Waals surface area contributed by atoms with E-state index >= 15 is 0 Å². The molecule has 0 saturated heterocycles. The van der Waals surface area contributed by atoms with Gasteiger partial charge in [0.25, 0.3) is 5.91 Å². The largest absolute Gasteiger partial charge is 0.352 e. The van der Waals surface area contributed by atoms with E-state index in [-0.39, 0.29) is 12.3 Å². The van der Waals surface area contributed by atoms with Crippen LogP contribution in [0.25, 0.3) is 0 Å². The van der Waals surface area contributed by atoms with E-state index in [2.05, 4.69) is 10.3 Å². The lowest BCUT2D eigenvalue weighted by atomic mass is 10.1. The average Bonchev–Trinajstić information content (AvgIpc) is 2.26. The van der Waals surface area contributed by atoms with E-state index in [4.69, 9.17) is 5.26 Å². The molecule has 1 heterocycles. The van der Waals surface area contributed by atoms with Gasteiger partial charge >= 0.3 is 0 Å². The molecule has 4 heteroatoms. The fourth-order valence-corrected chi connectivity index (χ4v) is 1.20. The number of pyridine rings is 1. The molecule has 0 aliphatic rings. The van der Waals surface area contributed by atoms with E-state index in [0.717, 1.165) is 0 Å². The Morgan fingerprint density at radius 2 is 2.38 bits per heavy atom. The van der Waals surface area contributed by atoms with Gasteiger partial charge in [-0.05, 0) is 18.1 Å². The highest BCUT2D eigenvalue weighted by Gasteiger charge is 2.06. The summed E-state index contributed by atoms with van der Waals surface area (Å²) in [4.78, 5) is 15.7. The average molecular weight is 217 g/mol. The summed E-state index contributed by atoms with van der Waals surface area (Å²) < 4.78 is 0. The van der Waals surface area contributed by atoms with E-state index in [0.29, 0.717) is 23.7 Å². The Morgan fingerprint density at radius 1 is 1.62 bits per heavy atom. The maximum atomic E-state index is 11.7. The van der Waals surface area contributed by atoms with Crippen LogP contribution in [0, 0.1) is 17.2 Å². The molecule has 1 rings (SSSR count). The first-order valence-corrected chi connectivity index (χ1v) is 5.23. The summed E-state index contributed by atoms with van der Waals surface area (Å²) in [6, 6.07) is 5.31. The van der Waals surface area contributed by atoms with Crippen LogP contribution in [0.1, 0.15) is 29.9 Å². The van der Waals surface area contributed by atoms with Crippen LogP contribution >= 0.6 is 0 Å². The topological polar surface area (TPSA) is 65.8 Å². The molecule has 1 amide bonds. The molecule has 0 radical (unpaired) electrons. The third-order valence-corrected chi connectivity index (χ3v) is 2.01. The highest BCUT2D eigenvalue weighted by Crippen LogP contribution is 2.02. The van der Waals surface area contributed by atoms with Gasteiger partial charge < -0.3 is 5.32 Å². The van der Waals surface area contributed by atoms with Crippen molar-refractivity contribution in [2.24, 2.45) is 5.92 Å². The maximum absolute atomic E-state index is 11.7. The molecule has 1 aromatic rings. The molecule has 0 fully saturated rings. The molecule has 0 aliphatic carbocycles. The third kappa shape index (κ3) is 3.70. The Labute approximate surface area is 95.3 Å². The first kappa shape index (κ1) is 12.2. The fraction of sp³-hybridized carbons (Fsp3) is 0.417. The summed E-state index contributed by atoms with van der Waals surface area (Å²) in [5, 5.41) is 11.4. The zero-order chi connectivity index (χ0) is 12.0. The molecule has 0 spiro atoms. The number of aromatic nitrogens is 1. The highest BCUT2D eigenvalue weighted by atomic mass is 16.1. The summed E-state index contributed by atoms with van der Waals surface area (Å²) in [7, 11) is 0. The number of hydrogen-bond donors (Lipinski definition) is 1. The number of nitriles is 1. The van der Waals surface area contributed by atoms with E-state index in [9.17, 15) is 4.79 Å². The summed E-state index contributed by atoms with van der Waals surface area (Å²) in [6.45, 7) is 4.72. The standard InChI is InChI=1S/C12H15N3O/c1-9(2)8-15-12(16)10-4-6-14-11(7-10)3-5-13/h4,6-7,9H,3,8H2,1-2H3,(H,15,16). The number of carbonyl (C=O) groups is 1. The minimum Gasteiger partial charge on any atom is -0.352 e. The van der Waals surface area contributed by atoms with E-state index < -0.39 is 0 Å². The normalized spacial score (nSPS) is 9.88. The Morgan fingerprint density at radius 3 is 3.00 bits per heavy atom. The molecule has 1 N–H and O–H groups in total. The Kier molecular flexibility index (Phi) is 4.46.